The third-order valence-electron chi connectivity index (χ3n) is 6.07. The van der Waals surface area contributed by atoms with E-state index in [-0.39, 0.29) is 56.8 Å². The summed E-state index contributed by atoms with van der Waals surface area (Å²) in [7, 11) is 0. The maximum Gasteiger partial charge on any atom is 0.381 e. The fraction of sp³-hybridized carbons (Fsp3) is 0.531. The Morgan fingerprint density at radius 1 is 0.767 bits per heavy atom. The van der Waals surface area contributed by atoms with E-state index in [1.54, 1.807) is 18.5 Å². The van der Waals surface area contributed by atoms with E-state index in [4.69, 9.17) is 28.4 Å². The van der Waals surface area contributed by atoms with Gasteiger partial charge in [-0.2, -0.15) is 0 Å². The van der Waals surface area contributed by atoms with Crippen molar-refractivity contribution >= 4 is 17.9 Å². The molecule has 0 aliphatic rings. The van der Waals surface area contributed by atoms with Crippen LogP contribution in [0.4, 0.5) is 0 Å². The molecule has 1 aromatic carbocycles. The minimum absolute atomic E-state index is 0.00733. The molecule has 0 bridgehead atoms. The summed E-state index contributed by atoms with van der Waals surface area (Å²) in [5.74, 6) is -1.65. The molecule has 0 saturated carbocycles. The molecule has 43 heavy (non-hydrogen) atoms. The number of carbonyl (C=O) groups is 3. The molecule has 236 valence electrons. The summed E-state index contributed by atoms with van der Waals surface area (Å²) in [5.41, 5.74) is 0.983. The largest absolute Gasteiger partial charge is 0.494 e. The molecule has 11 heteroatoms. The van der Waals surface area contributed by atoms with Crippen molar-refractivity contribution in [1.82, 2.24) is 9.97 Å². The van der Waals surface area contributed by atoms with Crippen LogP contribution in [0.3, 0.4) is 0 Å². The lowest BCUT2D eigenvalue weighted by atomic mass is 10.1. The minimum atomic E-state index is -0.786. The molecule has 0 aliphatic heterocycles. The first-order valence-electron chi connectivity index (χ1n) is 14.9. The number of benzene rings is 1. The Hall–Kier alpha value is -3.83. The molecule has 2 aromatic rings. The lowest BCUT2D eigenvalue weighted by Gasteiger charge is -2.13. The van der Waals surface area contributed by atoms with E-state index < -0.39 is 17.9 Å². The molecule has 0 aliphatic carbocycles. The van der Waals surface area contributed by atoms with Crippen LogP contribution in [0.25, 0.3) is 0 Å². The first-order valence-corrected chi connectivity index (χ1v) is 14.9. The highest BCUT2D eigenvalue weighted by Gasteiger charge is 2.20. The van der Waals surface area contributed by atoms with Crippen LogP contribution < -0.4 is 9.47 Å². The third-order valence-corrected chi connectivity index (χ3v) is 6.07. The van der Waals surface area contributed by atoms with E-state index in [1.165, 1.54) is 31.4 Å². The van der Waals surface area contributed by atoms with Gasteiger partial charge in [-0.25, -0.2) is 24.4 Å². The molecule has 2 rings (SSSR count). The Morgan fingerprint density at radius 3 is 2.09 bits per heavy atom. The zero-order valence-electron chi connectivity index (χ0n) is 25.3. The molecule has 0 atom stereocenters. The van der Waals surface area contributed by atoms with E-state index >= 15 is 0 Å². The van der Waals surface area contributed by atoms with Gasteiger partial charge in [-0.05, 0) is 43.0 Å². The molecule has 1 heterocycles. The average molecular weight is 601 g/mol. The number of nitrogens with zero attached hydrogens (tertiary/aromatic N) is 2. The summed E-state index contributed by atoms with van der Waals surface area (Å²) >= 11 is 0. The zero-order chi connectivity index (χ0) is 31.1. The number of rotatable bonds is 23. The summed E-state index contributed by atoms with van der Waals surface area (Å²) in [6.07, 6.45) is 12.8. The minimum Gasteiger partial charge on any atom is -0.494 e. The number of aromatic nitrogens is 2. The van der Waals surface area contributed by atoms with Gasteiger partial charge in [-0.15, -0.1) is 0 Å². The van der Waals surface area contributed by atoms with Gasteiger partial charge >= 0.3 is 17.9 Å². The molecule has 0 radical (unpaired) electrons. The molecule has 0 unspecified atom stereocenters. The van der Waals surface area contributed by atoms with Crippen molar-refractivity contribution in [2.45, 2.75) is 65.2 Å². The monoisotopic (exact) mass is 600 g/mol. The maximum atomic E-state index is 12.9. The van der Waals surface area contributed by atoms with Crippen LogP contribution in [-0.2, 0) is 30.2 Å². The normalized spacial score (nSPS) is 10.7. The molecule has 0 N–H and O–H groups in total. The zero-order valence-corrected chi connectivity index (χ0v) is 25.3. The standard InChI is InChI=1S/C32H44N2O9/c1-4-7-9-10-11-12-25-23-33-30(34-24-25)32(37)43-28-14-13-26(40-15-8-5-2)22-27(28)31(36)42-21-19-39-17-16-38-18-20-41-29(35)6-3/h6,13-14,22-24H,3-5,7-12,15-21H2,1-2H3. The summed E-state index contributed by atoms with van der Waals surface area (Å²) < 4.78 is 32.1. The van der Waals surface area contributed by atoms with Crippen LogP contribution in [0.2, 0.25) is 0 Å². The van der Waals surface area contributed by atoms with E-state index in [1.807, 2.05) is 6.92 Å². The van der Waals surface area contributed by atoms with Crippen molar-refractivity contribution < 1.29 is 42.8 Å². The molecule has 0 spiro atoms. The van der Waals surface area contributed by atoms with E-state index in [0.29, 0.717) is 12.4 Å². The second kappa shape index (κ2) is 21.8. The topological polar surface area (TPSA) is 132 Å². The summed E-state index contributed by atoms with van der Waals surface area (Å²) in [6, 6.07) is 4.59. The van der Waals surface area contributed by atoms with Gasteiger partial charge in [0, 0.05) is 18.5 Å². The Bertz CT molecular complexity index is 1120. The maximum absolute atomic E-state index is 12.9. The number of ether oxygens (including phenoxy) is 6. The lowest BCUT2D eigenvalue weighted by Crippen LogP contribution is -2.17. The van der Waals surface area contributed by atoms with Crippen LogP contribution in [0.5, 0.6) is 11.5 Å². The van der Waals surface area contributed by atoms with Crippen LogP contribution in [-0.4, -0.2) is 74.1 Å². The Kier molecular flexibility index (Phi) is 17.9. The van der Waals surface area contributed by atoms with Gasteiger partial charge in [-0.1, -0.05) is 52.5 Å². The number of aryl methyl sites for hydroxylation is 1. The van der Waals surface area contributed by atoms with Gasteiger partial charge in [0.15, 0.2) is 0 Å². The number of hydrogen-bond acceptors (Lipinski definition) is 11. The molecule has 1 aromatic heterocycles. The van der Waals surface area contributed by atoms with Crippen LogP contribution >= 0.6 is 0 Å². The lowest BCUT2D eigenvalue weighted by molar-refractivity contribution is -0.139. The SMILES string of the molecule is C=CC(=O)OCCOCCOCCOC(=O)c1cc(OCCCC)ccc1OC(=O)c1ncc(CCCCCCC)cn1. The Balaban J connectivity index is 1.89. The quantitative estimate of drug-likeness (QED) is 0.0711. The van der Waals surface area contributed by atoms with Crippen molar-refractivity contribution in [3.63, 3.8) is 0 Å². The van der Waals surface area contributed by atoms with Gasteiger partial charge in [-0.3, -0.25) is 0 Å². The molecule has 0 fully saturated rings. The number of hydrogen-bond donors (Lipinski definition) is 0. The van der Waals surface area contributed by atoms with Crippen molar-refractivity contribution in [3.8, 4) is 11.5 Å². The molecule has 11 nitrogen and oxygen atoms in total. The predicted molar refractivity (Wildman–Crippen MR) is 159 cm³/mol. The predicted octanol–water partition coefficient (Wildman–Crippen LogP) is 5.31. The molecular weight excluding hydrogens is 556 g/mol. The average Bonchev–Trinajstić information content (AvgIpc) is 3.02. The van der Waals surface area contributed by atoms with E-state index in [2.05, 4.69) is 23.5 Å². The first kappa shape index (κ1) is 35.4. The highest BCUT2D eigenvalue weighted by atomic mass is 16.6. The number of unbranched alkanes of at least 4 members (excludes halogenated alkanes) is 5. The van der Waals surface area contributed by atoms with Gasteiger partial charge in [0.1, 0.15) is 30.3 Å². The third kappa shape index (κ3) is 14.8. The van der Waals surface area contributed by atoms with E-state index in [0.717, 1.165) is 43.7 Å². The van der Waals surface area contributed by atoms with Crippen molar-refractivity contribution in [2.75, 3.05) is 46.2 Å². The highest BCUT2D eigenvalue weighted by molar-refractivity contribution is 5.95. The Labute approximate surface area is 253 Å². The fourth-order valence-electron chi connectivity index (χ4n) is 3.70. The second-order valence-corrected chi connectivity index (χ2v) is 9.56. The fourth-order valence-corrected chi connectivity index (χ4v) is 3.70. The van der Waals surface area contributed by atoms with E-state index in [9.17, 15) is 14.4 Å². The summed E-state index contributed by atoms with van der Waals surface area (Å²) in [6.45, 7) is 8.99. The molecule has 0 saturated heterocycles. The smallest absolute Gasteiger partial charge is 0.381 e. The van der Waals surface area contributed by atoms with Crippen molar-refractivity contribution in [3.05, 3.63) is 60.2 Å². The summed E-state index contributed by atoms with van der Waals surface area (Å²) in [4.78, 5) is 45.0. The Morgan fingerprint density at radius 2 is 1.42 bits per heavy atom. The number of carbonyl (C=O) groups excluding carboxylic acids is 3. The van der Waals surface area contributed by atoms with Crippen LogP contribution in [0.15, 0.2) is 43.2 Å². The molecule has 0 amide bonds. The van der Waals surface area contributed by atoms with Crippen molar-refractivity contribution in [1.29, 1.82) is 0 Å². The van der Waals surface area contributed by atoms with Crippen LogP contribution in [0.1, 0.15) is 85.3 Å². The van der Waals surface area contributed by atoms with Crippen LogP contribution in [0, 0.1) is 0 Å². The number of esters is 3. The van der Waals surface area contributed by atoms with Gasteiger partial charge in [0.2, 0.25) is 5.82 Å². The summed E-state index contributed by atoms with van der Waals surface area (Å²) in [5, 5.41) is 0. The van der Waals surface area contributed by atoms with Gasteiger partial charge < -0.3 is 28.4 Å². The second-order valence-electron chi connectivity index (χ2n) is 9.56. The first-order chi connectivity index (χ1) is 21.0. The highest BCUT2D eigenvalue weighted by Crippen LogP contribution is 2.26. The van der Waals surface area contributed by atoms with Gasteiger partial charge in [0.25, 0.3) is 0 Å². The molecular formula is C32H44N2O9. The van der Waals surface area contributed by atoms with Crippen molar-refractivity contribution in [2.24, 2.45) is 0 Å². The van der Waals surface area contributed by atoms with Gasteiger partial charge in [0.05, 0.1) is 33.0 Å².